The van der Waals surface area contributed by atoms with E-state index in [-0.39, 0.29) is 12.3 Å². The Morgan fingerprint density at radius 1 is 1.42 bits per heavy atom. The first-order valence-corrected chi connectivity index (χ1v) is 6.71. The summed E-state index contributed by atoms with van der Waals surface area (Å²) in [6.45, 7) is 5.89. The normalized spacial score (nSPS) is 12.5. The average molecular weight is 270 g/mol. The highest BCUT2D eigenvalue weighted by atomic mass is 16.5. The predicted molar refractivity (Wildman–Crippen MR) is 68.7 cm³/mol. The van der Waals surface area contributed by atoms with E-state index in [4.69, 9.17) is 9.84 Å². The summed E-state index contributed by atoms with van der Waals surface area (Å²) in [4.78, 5) is 10.7. The first-order chi connectivity index (χ1) is 9.17. The zero-order valence-electron chi connectivity index (χ0n) is 11.6. The molecule has 0 spiro atoms. The first-order valence-electron chi connectivity index (χ1n) is 6.71. The lowest BCUT2D eigenvalue weighted by Gasteiger charge is -2.13. The molecule has 7 nitrogen and oxygen atoms in total. The van der Waals surface area contributed by atoms with E-state index < -0.39 is 5.97 Å². The number of hydrogen-bond acceptors (Lipinski definition) is 5. The van der Waals surface area contributed by atoms with E-state index in [0.717, 1.165) is 25.3 Å². The Hall–Kier alpha value is -1.50. The van der Waals surface area contributed by atoms with Crippen molar-refractivity contribution in [2.24, 2.45) is 5.92 Å². The molecule has 108 valence electrons. The molecule has 0 radical (unpaired) electrons. The van der Waals surface area contributed by atoms with Gasteiger partial charge < -0.3 is 9.84 Å². The zero-order chi connectivity index (χ0) is 14.1. The molecule has 19 heavy (non-hydrogen) atoms. The minimum Gasteiger partial charge on any atom is -0.481 e. The summed E-state index contributed by atoms with van der Waals surface area (Å²) in [7, 11) is 0. The van der Waals surface area contributed by atoms with Crippen LogP contribution in [0.3, 0.4) is 0 Å². The van der Waals surface area contributed by atoms with Crippen LogP contribution in [-0.4, -0.2) is 44.5 Å². The number of carboxylic acid groups (broad SMARTS) is 1. The Balaban J connectivity index is 2.48. The van der Waals surface area contributed by atoms with E-state index in [1.54, 1.807) is 4.68 Å². The van der Waals surface area contributed by atoms with Gasteiger partial charge in [-0.25, -0.2) is 4.68 Å². The summed E-state index contributed by atoms with van der Waals surface area (Å²) in [6, 6.07) is 0. The van der Waals surface area contributed by atoms with Crippen molar-refractivity contribution in [2.75, 3.05) is 13.2 Å². The van der Waals surface area contributed by atoms with Crippen LogP contribution in [0.15, 0.2) is 0 Å². The standard InChI is InChI=1S/C12H22N4O3/c1-3-6-19-7-5-11-13-14-15-16(11)9-10(4-2)8-12(17)18/h10H,3-9H2,1-2H3,(H,17,18). The molecular formula is C12H22N4O3. The lowest BCUT2D eigenvalue weighted by atomic mass is 10.0. The van der Waals surface area contributed by atoms with Gasteiger partial charge in [-0.15, -0.1) is 5.10 Å². The number of carboxylic acids is 1. The van der Waals surface area contributed by atoms with Crippen LogP contribution >= 0.6 is 0 Å². The Morgan fingerprint density at radius 2 is 2.21 bits per heavy atom. The third-order valence-electron chi connectivity index (χ3n) is 2.90. The smallest absolute Gasteiger partial charge is 0.303 e. The highest BCUT2D eigenvalue weighted by Crippen LogP contribution is 2.11. The monoisotopic (exact) mass is 270 g/mol. The second-order valence-electron chi connectivity index (χ2n) is 4.51. The fraction of sp³-hybridized carbons (Fsp3) is 0.833. The summed E-state index contributed by atoms with van der Waals surface area (Å²) >= 11 is 0. The molecule has 0 bridgehead atoms. The van der Waals surface area contributed by atoms with Crippen molar-refractivity contribution in [2.45, 2.75) is 46.1 Å². The van der Waals surface area contributed by atoms with Gasteiger partial charge in [0, 0.05) is 26.0 Å². The van der Waals surface area contributed by atoms with Gasteiger partial charge in [-0.3, -0.25) is 4.79 Å². The second kappa shape index (κ2) is 8.58. The molecule has 0 aromatic carbocycles. The van der Waals surface area contributed by atoms with Crippen molar-refractivity contribution in [3.05, 3.63) is 5.82 Å². The van der Waals surface area contributed by atoms with Crippen molar-refractivity contribution in [1.29, 1.82) is 0 Å². The maximum Gasteiger partial charge on any atom is 0.303 e. The largest absolute Gasteiger partial charge is 0.481 e. The molecule has 1 heterocycles. The molecule has 1 unspecified atom stereocenters. The van der Waals surface area contributed by atoms with Gasteiger partial charge in [0.25, 0.3) is 0 Å². The van der Waals surface area contributed by atoms with Crippen LogP contribution in [-0.2, 0) is 22.5 Å². The van der Waals surface area contributed by atoms with Crippen molar-refractivity contribution in [3.63, 3.8) is 0 Å². The molecule has 0 amide bonds. The minimum atomic E-state index is -0.784. The summed E-state index contributed by atoms with van der Waals surface area (Å²) in [6.07, 6.45) is 2.57. The summed E-state index contributed by atoms with van der Waals surface area (Å²) in [5, 5.41) is 20.4. The molecule has 1 atom stereocenters. The molecule has 0 aliphatic carbocycles. The van der Waals surface area contributed by atoms with Crippen molar-refractivity contribution in [3.8, 4) is 0 Å². The molecule has 0 saturated carbocycles. The molecule has 1 rings (SSSR count). The van der Waals surface area contributed by atoms with E-state index in [0.29, 0.717) is 19.6 Å². The van der Waals surface area contributed by atoms with Gasteiger partial charge in [0.15, 0.2) is 5.82 Å². The van der Waals surface area contributed by atoms with E-state index in [1.807, 2.05) is 6.92 Å². The third-order valence-corrected chi connectivity index (χ3v) is 2.90. The van der Waals surface area contributed by atoms with E-state index in [2.05, 4.69) is 22.4 Å². The Bertz CT molecular complexity index is 381. The second-order valence-corrected chi connectivity index (χ2v) is 4.51. The van der Waals surface area contributed by atoms with Crippen LogP contribution in [0.25, 0.3) is 0 Å². The SMILES string of the molecule is CCCOCCc1nnnn1CC(CC)CC(=O)O. The number of tetrazole rings is 1. The average Bonchev–Trinajstić information content (AvgIpc) is 2.80. The Kier molecular flexibility index (Phi) is 7.02. The quantitative estimate of drug-likeness (QED) is 0.641. The zero-order valence-corrected chi connectivity index (χ0v) is 11.6. The number of nitrogens with zero attached hydrogens (tertiary/aromatic N) is 4. The molecule has 1 aromatic rings. The topological polar surface area (TPSA) is 90.1 Å². The maximum absolute atomic E-state index is 10.7. The Labute approximate surface area is 112 Å². The molecule has 7 heteroatoms. The fourth-order valence-electron chi connectivity index (χ4n) is 1.78. The van der Waals surface area contributed by atoms with Gasteiger partial charge in [-0.05, 0) is 22.8 Å². The lowest BCUT2D eigenvalue weighted by molar-refractivity contribution is -0.138. The molecule has 0 fully saturated rings. The maximum atomic E-state index is 10.7. The van der Waals surface area contributed by atoms with E-state index in [1.165, 1.54) is 0 Å². The number of rotatable bonds is 10. The summed E-state index contributed by atoms with van der Waals surface area (Å²) < 4.78 is 7.09. The summed E-state index contributed by atoms with van der Waals surface area (Å²) in [5.74, 6) is 0.0176. The van der Waals surface area contributed by atoms with Gasteiger partial charge >= 0.3 is 5.97 Å². The van der Waals surface area contributed by atoms with Gasteiger partial charge in [0.2, 0.25) is 0 Å². The fourth-order valence-corrected chi connectivity index (χ4v) is 1.78. The van der Waals surface area contributed by atoms with Crippen LogP contribution < -0.4 is 0 Å². The predicted octanol–water partition coefficient (Wildman–Crippen LogP) is 1.14. The van der Waals surface area contributed by atoms with Crippen LogP contribution in [0.1, 0.15) is 38.9 Å². The number of aromatic nitrogens is 4. The summed E-state index contributed by atoms with van der Waals surface area (Å²) in [5.41, 5.74) is 0. The highest BCUT2D eigenvalue weighted by molar-refractivity contribution is 5.66. The highest BCUT2D eigenvalue weighted by Gasteiger charge is 2.15. The van der Waals surface area contributed by atoms with Crippen LogP contribution in [0.5, 0.6) is 0 Å². The van der Waals surface area contributed by atoms with Gasteiger partial charge in [-0.1, -0.05) is 20.3 Å². The number of hydrogen-bond donors (Lipinski definition) is 1. The molecule has 0 aliphatic rings. The van der Waals surface area contributed by atoms with Crippen molar-refractivity contribution < 1.29 is 14.6 Å². The van der Waals surface area contributed by atoms with Gasteiger partial charge in [-0.2, -0.15) is 0 Å². The number of carbonyl (C=O) groups is 1. The molecule has 1 N–H and O–H groups in total. The molecular weight excluding hydrogens is 248 g/mol. The molecule has 0 saturated heterocycles. The Morgan fingerprint density at radius 3 is 2.84 bits per heavy atom. The van der Waals surface area contributed by atoms with E-state index in [9.17, 15) is 4.79 Å². The lowest BCUT2D eigenvalue weighted by Crippen LogP contribution is -2.18. The van der Waals surface area contributed by atoms with Crippen molar-refractivity contribution >= 4 is 5.97 Å². The first kappa shape index (κ1) is 15.6. The minimum absolute atomic E-state index is 0.0521. The third kappa shape index (κ3) is 5.78. The number of aliphatic carboxylic acids is 1. The van der Waals surface area contributed by atoms with Crippen LogP contribution in [0.4, 0.5) is 0 Å². The van der Waals surface area contributed by atoms with Gasteiger partial charge in [0.05, 0.1) is 6.61 Å². The van der Waals surface area contributed by atoms with Gasteiger partial charge in [0.1, 0.15) is 0 Å². The molecule has 0 aliphatic heterocycles. The van der Waals surface area contributed by atoms with Crippen LogP contribution in [0, 0.1) is 5.92 Å². The molecule has 1 aromatic heterocycles. The van der Waals surface area contributed by atoms with E-state index >= 15 is 0 Å². The van der Waals surface area contributed by atoms with Crippen LogP contribution in [0.2, 0.25) is 0 Å². The van der Waals surface area contributed by atoms with Crippen molar-refractivity contribution in [1.82, 2.24) is 20.2 Å². The number of ether oxygens (including phenoxy) is 1.